The molecule has 192 valence electrons. The number of carbonyl (C=O) groups excluding carboxylic acids is 1. The molecule has 35 heavy (non-hydrogen) atoms. The summed E-state index contributed by atoms with van der Waals surface area (Å²) in [5.41, 5.74) is 2.12. The summed E-state index contributed by atoms with van der Waals surface area (Å²) in [7, 11) is 0. The zero-order valence-electron chi connectivity index (χ0n) is 22.3. The average Bonchev–Trinajstić information content (AvgIpc) is 2.74. The first-order valence-electron chi connectivity index (χ1n) is 12.7. The average molecular weight is 483 g/mol. The van der Waals surface area contributed by atoms with Crippen molar-refractivity contribution in [2.24, 2.45) is 0 Å². The minimum atomic E-state index is -0.743. The van der Waals surface area contributed by atoms with Crippen LogP contribution in [0.5, 0.6) is 11.5 Å². The molecule has 0 spiro atoms. The standard InChI is InChI=1S/C30H42O5/c1-28(2,3)23-16-19(8-14-25(23)32)30(7,18-27(34)35-22-12-10-21(31)11-13-22)20-9-15-26(33)24(17-20)29(4,5)6/h8-9,14-17,21-22,31-33H,10-13,18H2,1-7H3. The summed E-state index contributed by atoms with van der Waals surface area (Å²) in [5.74, 6) is 0.172. The molecule has 5 nitrogen and oxygen atoms in total. The highest BCUT2D eigenvalue weighted by atomic mass is 16.5. The Morgan fingerprint density at radius 3 is 1.63 bits per heavy atom. The second-order valence-electron chi connectivity index (χ2n) is 12.4. The van der Waals surface area contributed by atoms with Gasteiger partial charge in [-0.3, -0.25) is 4.79 Å². The molecule has 0 radical (unpaired) electrons. The lowest BCUT2D eigenvalue weighted by Crippen LogP contribution is -2.32. The van der Waals surface area contributed by atoms with E-state index in [1.54, 1.807) is 12.1 Å². The maximum atomic E-state index is 13.3. The van der Waals surface area contributed by atoms with Gasteiger partial charge in [-0.15, -0.1) is 0 Å². The van der Waals surface area contributed by atoms with Crippen LogP contribution in [-0.2, 0) is 25.8 Å². The monoisotopic (exact) mass is 482 g/mol. The fraction of sp³-hybridized carbons (Fsp3) is 0.567. The van der Waals surface area contributed by atoms with E-state index in [0.29, 0.717) is 25.7 Å². The molecule has 2 aromatic rings. The highest BCUT2D eigenvalue weighted by Gasteiger charge is 2.36. The number of rotatable bonds is 5. The van der Waals surface area contributed by atoms with Crippen molar-refractivity contribution in [1.82, 2.24) is 0 Å². The molecule has 0 atom stereocenters. The maximum Gasteiger partial charge on any atom is 0.307 e. The fourth-order valence-corrected chi connectivity index (χ4v) is 5.01. The number of aliphatic hydroxyl groups is 1. The van der Waals surface area contributed by atoms with Crippen molar-refractivity contribution >= 4 is 5.97 Å². The van der Waals surface area contributed by atoms with E-state index in [1.807, 2.05) is 72.7 Å². The van der Waals surface area contributed by atoms with Crippen LogP contribution < -0.4 is 0 Å². The number of esters is 1. The lowest BCUT2D eigenvalue weighted by Gasteiger charge is -2.34. The van der Waals surface area contributed by atoms with Crippen LogP contribution in [0.2, 0.25) is 0 Å². The molecule has 0 bridgehead atoms. The lowest BCUT2D eigenvalue weighted by atomic mass is 9.70. The Labute approximate surface area is 210 Å². The van der Waals surface area contributed by atoms with Crippen molar-refractivity contribution in [3.8, 4) is 11.5 Å². The third-order valence-electron chi connectivity index (χ3n) is 7.32. The number of ether oxygens (including phenoxy) is 1. The van der Waals surface area contributed by atoms with E-state index < -0.39 is 5.41 Å². The minimum Gasteiger partial charge on any atom is -0.508 e. The van der Waals surface area contributed by atoms with Gasteiger partial charge < -0.3 is 20.1 Å². The Bertz CT molecular complexity index is 986. The molecule has 5 heteroatoms. The topological polar surface area (TPSA) is 87.0 Å². The van der Waals surface area contributed by atoms with Crippen LogP contribution in [0.4, 0.5) is 0 Å². The molecule has 2 aromatic carbocycles. The summed E-state index contributed by atoms with van der Waals surface area (Å²) in [6, 6.07) is 11.1. The van der Waals surface area contributed by atoms with E-state index in [4.69, 9.17) is 4.74 Å². The second-order valence-corrected chi connectivity index (χ2v) is 12.4. The van der Waals surface area contributed by atoms with Crippen LogP contribution >= 0.6 is 0 Å². The molecule has 1 fully saturated rings. The largest absolute Gasteiger partial charge is 0.508 e. The van der Waals surface area contributed by atoms with Crippen LogP contribution in [0.1, 0.15) is 103 Å². The minimum absolute atomic E-state index is 0.120. The number of carbonyl (C=O) groups is 1. The molecule has 0 saturated heterocycles. The number of phenolic OH excluding ortho intramolecular Hbond substituents is 2. The molecule has 3 rings (SSSR count). The van der Waals surface area contributed by atoms with Gasteiger partial charge in [0.1, 0.15) is 17.6 Å². The summed E-state index contributed by atoms with van der Waals surface area (Å²) in [5, 5.41) is 30.9. The van der Waals surface area contributed by atoms with Gasteiger partial charge in [-0.25, -0.2) is 0 Å². The van der Waals surface area contributed by atoms with Crippen LogP contribution in [-0.4, -0.2) is 33.5 Å². The SMILES string of the molecule is CC(C)(C)c1cc(C(C)(CC(=O)OC2CCC(O)CC2)c2ccc(O)c(C(C)(C)C)c2)ccc1O. The predicted molar refractivity (Wildman–Crippen MR) is 139 cm³/mol. The second kappa shape index (κ2) is 9.85. The van der Waals surface area contributed by atoms with E-state index in [-0.39, 0.29) is 46.9 Å². The van der Waals surface area contributed by atoms with Crippen molar-refractivity contribution in [1.29, 1.82) is 0 Å². The molecule has 1 aliphatic carbocycles. The summed E-state index contributed by atoms with van der Waals surface area (Å²) in [6.07, 6.45) is 2.27. The lowest BCUT2D eigenvalue weighted by molar-refractivity contribution is -0.152. The molecule has 0 aliphatic heterocycles. The van der Waals surface area contributed by atoms with E-state index >= 15 is 0 Å². The van der Waals surface area contributed by atoms with Gasteiger partial charge in [0.25, 0.3) is 0 Å². The number of aromatic hydroxyl groups is 2. The molecular formula is C30H42O5. The number of hydrogen-bond donors (Lipinski definition) is 3. The Hall–Kier alpha value is -2.53. The Kier molecular flexibility index (Phi) is 7.61. The highest BCUT2D eigenvalue weighted by molar-refractivity contribution is 5.73. The molecule has 0 aromatic heterocycles. The van der Waals surface area contributed by atoms with Gasteiger partial charge >= 0.3 is 5.97 Å². The van der Waals surface area contributed by atoms with E-state index in [9.17, 15) is 20.1 Å². The normalized spacial score (nSPS) is 19.4. The van der Waals surface area contributed by atoms with Gasteiger partial charge in [0.2, 0.25) is 0 Å². The molecule has 1 aliphatic rings. The first kappa shape index (κ1) is 27.1. The van der Waals surface area contributed by atoms with Crippen LogP contribution in [0.15, 0.2) is 36.4 Å². The molecule has 0 unspecified atom stereocenters. The molecule has 0 heterocycles. The van der Waals surface area contributed by atoms with Crippen LogP contribution in [0, 0.1) is 0 Å². The highest BCUT2D eigenvalue weighted by Crippen LogP contribution is 2.43. The smallest absolute Gasteiger partial charge is 0.307 e. The first-order chi connectivity index (χ1) is 16.1. The predicted octanol–water partition coefficient (Wildman–Crippen LogP) is 6.24. The van der Waals surface area contributed by atoms with Crippen molar-refractivity contribution < 1.29 is 24.9 Å². The van der Waals surface area contributed by atoms with Gasteiger partial charge in [-0.1, -0.05) is 72.7 Å². The zero-order valence-corrected chi connectivity index (χ0v) is 22.3. The third-order valence-corrected chi connectivity index (χ3v) is 7.32. The zero-order chi connectivity index (χ0) is 26.2. The van der Waals surface area contributed by atoms with E-state index in [0.717, 1.165) is 22.3 Å². The number of phenols is 2. The third kappa shape index (κ3) is 6.19. The summed E-state index contributed by atoms with van der Waals surface area (Å²) >= 11 is 0. The summed E-state index contributed by atoms with van der Waals surface area (Å²) in [4.78, 5) is 13.3. The molecule has 3 N–H and O–H groups in total. The van der Waals surface area contributed by atoms with Gasteiger partial charge in [0.15, 0.2) is 0 Å². The fourth-order valence-electron chi connectivity index (χ4n) is 5.01. The van der Waals surface area contributed by atoms with Crippen LogP contribution in [0.3, 0.4) is 0 Å². The summed E-state index contributed by atoms with van der Waals surface area (Å²) in [6.45, 7) is 14.3. The summed E-state index contributed by atoms with van der Waals surface area (Å²) < 4.78 is 5.87. The van der Waals surface area contributed by atoms with Crippen molar-refractivity contribution in [2.45, 2.75) is 109 Å². The van der Waals surface area contributed by atoms with Gasteiger partial charge in [0.05, 0.1) is 12.5 Å². The Morgan fingerprint density at radius 1 is 0.800 bits per heavy atom. The molecule has 1 saturated carbocycles. The van der Waals surface area contributed by atoms with Gasteiger partial charge in [0, 0.05) is 5.41 Å². The maximum absolute atomic E-state index is 13.3. The van der Waals surface area contributed by atoms with Crippen molar-refractivity contribution in [2.75, 3.05) is 0 Å². The Morgan fingerprint density at radius 2 is 1.23 bits per heavy atom. The van der Waals surface area contributed by atoms with E-state index in [2.05, 4.69) is 0 Å². The van der Waals surface area contributed by atoms with Crippen molar-refractivity contribution in [3.63, 3.8) is 0 Å². The van der Waals surface area contributed by atoms with Gasteiger partial charge in [-0.2, -0.15) is 0 Å². The quantitative estimate of drug-likeness (QED) is 0.439. The van der Waals surface area contributed by atoms with Crippen molar-refractivity contribution in [3.05, 3.63) is 58.7 Å². The number of hydrogen-bond acceptors (Lipinski definition) is 5. The van der Waals surface area contributed by atoms with Gasteiger partial charge in [-0.05, 0) is 70.9 Å². The van der Waals surface area contributed by atoms with Crippen LogP contribution in [0.25, 0.3) is 0 Å². The molecular weight excluding hydrogens is 440 g/mol. The Balaban J connectivity index is 2.07. The van der Waals surface area contributed by atoms with E-state index in [1.165, 1.54) is 0 Å². The molecule has 0 amide bonds. The first-order valence-corrected chi connectivity index (χ1v) is 12.7. The number of benzene rings is 2. The number of aliphatic hydroxyl groups excluding tert-OH is 1.